The van der Waals surface area contributed by atoms with Gasteiger partial charge in [-0.2, -0.15) is 0 Å². The summed E-state index contributed by atoms with van der Waals surface area (Å²) in [5.41, 5.74) is 5.17. The van der Waals surface area contributed by atoms with Gasteiger partial charge >= 0.3 is 0 Å². The first-order valence-corrected chi connectivity index (χ1v) is 11.4. The zero-order valence-electron chi connectivity index (χ0n) is 19.4. The second-order valence-electron chi connectivity index (χ2n) is 9.63. The molecule has 3 aromatic rings. The molecule has 1 aliphatic carbocycles. The van der Waals surface area contributed by atoms with Crippen LogP contribution in [0.15, 0.2) is 72.8 Å². The number of fused-ring (bicyclic) bond motifs is 4. The van der Waals surface area contributed by atoms with Gasteiger partial charge in [-0.3, -0.25) is 4.79 Å². The average Bonchev–Trinajstić information content (AvgIpc) is 2.80. The first kappa shape index (κ1) is 21.3. The monoisotopic (exact) mass is 439 g/mol. The number of Topliss-reactive ketones (excluding diaryl/α,β-unsaturated/α-hetero) is 1. The lowest BCUT2D eigenvalue weighted by Crippen LogP contribution is -2.33. The number of hydrogen-bond donors (Lipinski definition) is 1. The Bertz CT molecular complexity index is 1300. The summed E-state index contributed by atoms with van der Waals surface area (Å²) in [7, 11) is 1.63. The summed E-state index contributed by atoms with van der Waals surface area (Å²) in [4.78, 5) is 13.6. The number of benzene rings is 3. The number of ether oxygens (including phenoxy) is 2. The maximum atomic E-state index is 13.6. The zero-order chi connectivity index (χ0) is 23.2. The fourth-order valence-corrected chi connectivity index (χ4v) is 5.22. The molecule has 0 spiro atoms. The third-order valence-electron chi connectivity index (χ3n) is 6.62. The van der Waals surface area contributed by atoms with Gasteiger partial charge in [-0.1, -0.05) is 62.9 Å². The van der Waals surface area contributed by atoms with Crippen molar-refractivity contribution in [1.29, 1.82) is 0 Å². The van der Waals surface area contributed by atoms with Crippen LogP contribution in [-0.4, -0.2) is 19.5 Å². The lowest BCUT2D eigenvalue weighted by atomic mass is 9.68. The number of rotatable bonds is 5. The molecular weight excluding hydrogens is 410 g/mol. The Morgan fingerprint density at radius 1 is 1.09 bits per heavy atom. The molecule has 4 heteroatoms. The highest BCUT2D eigenvalue weighted by atomic mass is 16.5. The first-order chi connectivity index (χ1) is 15.9. The number of methoxy groups -OCH3 is 1. The van der Waals surface area contributed by atoms with Gasteiger partial charge in [0.2, 0.25) is 0 Å². The van der Waals surface area contributed by atoms with Crippen LogP contribution in [-0.2, 0) is 4.79 Å². The molecule has 1 heterocycles. The van der Waals surface area contributed by atoms with Crippen molar-refractivity contribution >= 4 is 27.8 Å². The minimum absolute atomic E-state index is 0.0773. The highest BCUT2D eigenvalue weighted by Crippen LogP contribution is 2.52. The summed E-state index contributed by atoms with van der Waals surface area (Å²) in [6.45, 7) is 8.49. The summed E-state index contributed by atoms with van der Waals surface area (Å²) in [5.74, 6) is 1.52. The number of allylic oxidation sites excluding steroid dienone is 1. The number of ketones is 1. The Labute approximate surface area is 194 Å². The topological polar surface area (TPSA) is 47.6 Å². The minimum atomic E-state index is -0.236. The van der Waals surface area contributed by atoms with Crippen molar-refractivity contribution in [2.45, 2.75) is 32.7 Å². The van der Waals surface area contributed by atoms with E-state index in [1.807, 2.05) is 18.2 Å². The Kier molecular flexibility index (Phi) is 5.24. The van der Waals surface area contributed by atoms with Crippen molar-refractivity contribution in [3.8, 4) is 11.5 Å². The average molecular weight is 440 g/mol. The normalized spacial score (nSPS) is 18.9. The lowest BCUT2D eigenvalue weighted by molar-refractivity contribution is -0.118. The molecule has 0 aromatic heterocycles. The van der Waals surface area contributed by atoms with Crippen molar-refractivity contribution in [3.05, 3.63) is 84.0 Å². The molecule has 0 radical (unpaired) electrons. The first-order valence-electron chi connectivity index (χ1n) is 11.4. The van der Waals surface area contributed by atoms with Crippen LogP contribution >= 0.6 is 0 Å². The van der Waals surface area contributed by atoms with Crippen LogP contribution < -0.4 is 14.8 Å². The Hall–Kier alpha value is -3.53. The minimum Gasteiger partial charge on any atom is -0.493 e. The number of carbonyl (C=O) groups is 1. The zero-order valence-corrected chi connectivity index (χ0v) is 19.4. The number of hydrogen-bond acceptors (Lipinski definition) is 4. The predicted molar refractivity (Wildman–Crippen MR) is 134 cm³/mol. The van der Waals surface area contributed by atoms with Gasteiger partial charge < -0.3 is 14.8 Å². The van der Waals surface area contributed by atoms with E-state index < -0.39 is 0 Å². The van der Waals surface area contributed by atoms with Crippen molar-refractivity contribution in [2.24, 2.45) is 5.41 Å². The van der Waals surface area contributed by atoms with Gasteiger partial charge in [0.1, 0.15) is 6.61 Å². The molecule has 0 fully saturated rings. The van der Waals surface area contributed by atoms with E-state index in [2.05, 4.69) is 62.1 Å². The number of carbonyl (C=O) groups excluding carboxylic acids is 1. The van der Waals surface area contributed by atoms with Gasteiger partial charge in [0, 0.05) is 23.2 Å². The summed E-state index contributed by atoms with van der Waals surface area (Å²) in [6, 6.07) is 18.4. The van der Waals surface area contributed by atoms with Crippen LogP contribution in [0.5, 0.6) is 11.5 Å². The second kappa shape index (κ2) is 8.11. The molecule has 4 nitrogen and oxygen atoms in total. The van der Waals surface area contributed by atoms with E-state index >= 15 is 0 Å². The van der Waals surface area contributed by atoms with Crippen molar-refractivity contribution < 1.29 is 14.3 Å². The molecule has 1 aliphatic heterocycles. The lowest BCUT2D eigenvalue weighted by Gasteiger charge is -2.40. The Balaban J connectivity index is 1.70. The quantitative estimate of drug-likeness (QED) is 0.448. The SMILES string of the molecule is C=CCOc1ccc([C@@H]2Nc3ccc4ccccc4c3C3=C2C(=O)CC(C)(C)C3)cc1OC. The molecule has 1 N–H and O–H groups in total. The molecule has 0 saturated carbocycles. The Morgan fingerprint density at radius 3 is 2.70 bits per heavy atom. The standard InChI is InChI=1S/C29H29NO3/c1-5-14-33-24-13-11-19(15-25(24)32-4)28-27-21(16-29(2,3)17-23(27)31)26-20-9-7-6-8-18(20)10-12-22(26)30-28/h5-13,15,28,30H,1,14,16-17H2,2-4H3/t28-/m0/s1. The summed E-state index contributed by atoms with van der Waals surface area (Å²) < 4.78 is 11.3. The molecule has 168 valence electrons. The van der Waals surface area contributed by atoms with Crippen LogP contribution in [0.1, 0.15) is 43.9 Å². The van der Waals surface area contributed by atoms with Gasteiger partial charge in [-0.15, -0.1) is 0 Å². The summed E-state index contributed by atoms with van der Waals surface area (Å²) in [5, 5.41) is 6.05. The highest BCUT2D eigenvalue weighted by molar-refractivity contribution is 6.12. The smallest absolute Gasteiger partial charge is 0.162 e. The molecule has 2 aliphatic rings. The van der Waals surface area contributed by atoms with Gasteiger partial charge in [0.15, 0.2) is 17.3 Å². The van der Waals surface area contributed by atoms with E-state index in [1.165, 1.54) is 16.3 Å². The van der Waals surface area contributed by atoms with Crippen LogP contribution in [0.25, 0.3) is 16.3 Å². The predicted octanol–water partition coefficient (Wildman–Crippen LogP) is 6.72. The molecule has 5 rings (SSSR count). The van der Waals surface area contributed by atoms with Crippen molar-refractivity contribution in [2.75, 3.05) is 19.0 Å². The summed E-state index contributed by atoms with van der Waals surface area (Å²) in [6.07, 6.45) is 3.11. The summed E-state index contributed by atoms with van der Waals surface area (Å²) >= 11 is 0. The van der Waals surface area contributed by atoms with Gasteiger partial charge in [0.05, 0.1) is 13.2 Å². The van der Waals surface area contributed by atoms with E-state index in [0.29, 0.717) is 24.5 Å². The van der Waals surface area contributed by atoms with E-state index in [0.717, 1.165) is 28.8 Å². The number of nitrogens with one attached hydrogen (secondary N) is 1. The fraction of sp³-hybridized carbons (Fsp3) is 0.276. The van der Waals surface area contributed by atoms with Crippen LogP contribution in [0.2, 0.25) is 0 Å². The fourth-order valence-electron chi connectivity index (χ4n) is 5.22. The molecule has 0 saturated heterocycles. The van der Waals surface area contributed by atoms with Crippen LogP contribution in [0.3, 0.4) is 0 Å². The molecule has 0 unspecified atom stereocenters. The molecule has 1 atom stereocenters. The van der Waals surface area contributed by atoms with Gasteiger partial charge in [-0.25, -0.2) is 0 Å². The number of anilines is 1. The van der Waals surface area contributed by atoms with E-state index in [1.54, 1.807) is 13.2 Å². The van der Waals surface area contributed by atoms with Crippen molar-refractivity contribution in [1.82, 2.24) is 0 Å². The largest absolute Gasteiger partial charge is 0.493 e. The van der Waals surface area contributed by atoms with E-state index in [4.69, 9.17) is 9.47 Å². The molecule has 3 aromatic carbocycles. The third-order valence-corrected chi connectivity index (χ3v) is 6.62. The van der Waals surface area contributed by atoms with Crippen LogP contribution in [0, 0.1) is 5.41 Å². The molecule has 0 bridgehead atoms. The maximum Gasteiger partial charge on any atom is 0.162 e. The van der Waals surface area contributed by atoms with Crippen LogP contribution in [0.4, 0.5) is 5.69 Å². The molecule has 0 amide bonds. The Morgan fingerprint density at radius 2 is 1.91 bits per heavy atom. The maximum absolute atomic E-state index is 13.6. The second-order valence-corrected chi connectivity index (χ2v) is 9.63. The van der Waals surface area contributed by atoms with E-state index in [9.17, 15) is 4.79 Å². The van der Waals surface area contributed by atoms with E-state index in [-0.39, 0.29) is 17.2 Å². The van der Waals surface area contributed by atoms with Gasteiger partial charge in [0.25, 0.3) is 0 Å². The molecule has 33 heavy (non-hydrogen) atoms. The third kappa shape index (κ3) is 3.70. The van der Waals surface area contributed by atoms with Crippen molar-refractivity contribution in [3.63, 3.8) is 0 Å². The highest BCUT2D eigenvalue weighted by Gasteiger charge is 2.41. The van der Waals surface area contributed by atoms with Gasteiger partial charge in [-0.05, 0) is 51.9 Å². The molecular formula is C29H29NO3.